The van der Waals surface area contributed by atoms with Gasteiger partial charge in [-0.3, -0.25) is 9.36 Å². The van der Waals surface area contributed by atoms with Gasteiger partial charge in [-0.25, -0.2) is 4.98 Å². The zero-order valence-electron chi connectivity index (χ0n) is 9.71. The maximum absolute atomic E-state index is 12.4. The molecule has 0 radical (unpaired) electrons. The molecular weight excluding hydrogens is 252 g/mol. The molecule has 0 amide bonds. The fraction of sp³-hybridized carbons (Fsp3) is 0.385. The molecule has 0 bridgehead atoms. The van der Waals surface area contributed by atoms with E-state index in [2.05, 4.69) is 4.98 Å². The molecule has 3 rings (SSSR count). The summed E-state index contributed by atoms with van der Waals surface area (Å²) >= 11 is 6.06. The van der Waals surface area contributed by atoms with Crippen molar-refractivity contribution in [2.75, 3.05) is 6.61 Å². The number of halogens is 1. The van der Waals surface area contributed by atoms with E-state index in [4.69, 9.17) is 16.7 Å². The molecule has 1 saturated carbocycles. The molecule has 1 heterocycles. The van der Waals surface area contributed by atoms with Crippen LogP contribution in [0.2, 0.25) is 5.02 Å². The molecule has 1 N–H and O–H groups in total. The number of fused-ring (bicyclic) bond motifs is 1. The number of benzene rings is 1. The molecule has 5 heteroatoms. The normalized spacial score (nSPS) is 23.0. The highest BCUT2D eigenvalue weighted by molar-refractivity contribution is 6.35. The zero-order chi connectivity index (χ0) is 12.7. The van der Waals surface area contributed by atoms with Crippen molar-refractivity contribution in [3.8, 4) is 0 Å². The number of aromatic nitrogens is 2. The number of nitrogens with zero attached hydrogens (tertiary/aromatic N) is 2. The van der Waals surface area contributed by atoms with Crippen LogP contribution in [0.25, 0.3) is 10.9 Å². The predicted octanol–water partition coefficient (Wildman–Crippen LogP) is 1.99. The number of hydrogen-bond acceptors (Lipinski definition) is 3. The molecule has 4 nitrogen and oxygen atoms in total. The standard InChI is InChI=1S/C13H13ClN2O2/c14-10-2-1-3-11-12(10)13(18)16(7-15-11)9-4-8(5-9)6-17/h1-3,7-9,17H,4-6H2. The zero-order valence-corrected chi connectivity index (χ0v) is 10.5. The second-order valence-corrected chi connectivity index (χ2v) is 5.17. The monoisotopic (exact) mass is 264 g/mol. The van der Waals surface area contributed by atoms with E-state index in [-0.39, 0.29) is 18.2 Å². The SMILES string of the molecule is O=c1c2c(Cl)cccc2ncn1C1CC(CO)C1. The Labute approximate surface area is 109 Å². The third kappa shape index (κ3) is 1.72. The van der Waals surface area contributed by atoms with E-state index >= 15 is 0 Å². The summed E-state index contributed by atoms with van der Waals surface area (Å²) in [5.74, 6) is 0.309. The van der Waals surface area contributed by atoms with Crippen molar-refractivity contribution in [1.82, 2.24) is 9.55 Å². The minimum Gasteiger partial charge on any atom is -0.396 e. The first-order valence-electron chi connectivity index (χ1n) is 5.97. The molecule has 0 atom stereocenters. The summed E-state index contributed by atoms with van der Waals surface area (Å²) < 4.78 is 1.64. The molecule has 1 fully saturated rings. The van der Waals surface area contributed by atoms with Gasteiger partial charge in [-0.1, -0.05) is 17.7 Å². The maximum Gasteiger partial charge on any atom is 0.262 e. The van der Waals surface area contributed by atoms with Crippen molar-refractivity contribution < 1.29 is 5.11 Å². The van der Waals surface area contributed by atoms with Crippen LogP contribution in [-0.2, 0) is 0 Å². The molecule has 0 unspecified atom stereocenters. The molecule has 0 spiro atoms. The van der Waals surface area contributed by atoms with Crippen LogP contribution in [0, 0.1) is 5.92 Å². The molecule has 2 aromatic rings. The average molecular weight is 265 g/mol. The van der Waals surface area contributed by atoms with Crippen molar-refractivity contribution in [3.05, 3.63) is 39.9 Å². The molecule has 1 aliphatic rings. The minimum absolute atomic E-state index is 0.0908. The Kier molecular flexibility index (Phi) is 2.84. The Morgan fingerprint density at radius 1 is 1.44 bits per heavy atom. The highest BCUT2D eigenvalue weighted by Crippen LogP contribution is 2.36. The summed E-state index contributed by atoms with van der Waals surface area (Å²) in [5, 5.41) is 9.93. The van der Waals surface area contributed by atoms with Gasteiger partial charge in [0, 0.05) is 12.6 Å². The maximum atomic E-state index is 12.4. The fourth-order valence-electron chi connectivity index (χ4n) is 2.47. The number of hydrogen-bond donors (Lipinski definition) is 1. The lowest BCUT2D eigenvalue weighted by molar-refractivity contribution is 0.110. The lowest BCUT2D eigenvalue weighted by Crippen LogP contribution is -2.35. The van der Waals surface area contributed by atoms with Gasteiger partial charge in [-0.15, -0.1) is 0 Å². The van der Waals surface area contributed by atoms with E-state index in [1.807, 2.05) is 0 Å². The molecule has 94 valence electrons. The van der Waals surface area contributed by atoms with Gasteiger partial charge in [0.2, 0.25) is 0 Å². The van der Waals surface area contributed by atoms with Crippen molar-refractivity contribution in [2.45, 2.75) is 18.9 Å². The van der Waals surface area contributed by atoms with Gasteiger partial charge in [0.05, 0.1) is 22.3 Å². The molecule has 1 aliphatic carbocycles. The van der Waals surface area contributed by atoms with Gasteiger partial charge in [0.25, 0.3) is 5.56 Å². The topological polar surface area (TPSA) is 55.1 Å². The first-order valence-corrected chi connectivity index (χ1v) is 6.34. The summed E-state index contributed by atoms with van der Waals surface area (Å²) in [4.78, 5) is 16.6. The van der Waals surface area contributed by atoms with Gasteiger partial charge in [-0.2, -0.15) is 0 Å². The molecule has 1 aromatic carbocycles. The summed E-state index contributed by atoms with van der Waals surface area (Å²) in [6.45, 7) is 0.188. The summed E-state index contributed by atoms with van der Waals surface area (Å²) in [6.07, 6.45) is 3.24. The third-order valence-corrected chi connectivity index (χ3v) is 3.94. The van der Waals surface area contributed by atoms with Gasteiger partial charge in [-0.05, 0) is 30.9 Å². The Morgan fingerprint density at radius 3 is 2.94 bits per heavy atom. The largest absolute Gasteiger partial charge is 0.396 e. The van der Waals surface area contributed by atoms with Crippen molar-refractivity contribution in [3.63, 3.8) is 0 Å². The van der Waals surface area contributed by atoms with Crippen LogP contribution in [0.5, 0.6) is 0 Å². The van der Waals surface area contributed by atoms with Crippen molar-refractivity contribution in [1.29, 1.82) is 0 Å². The Bertz CT molecular complexity index is 647. The Morgan fingerprint density at radius 2 is 2.22 bits per heavy atom. The van der Waals surface area contributed by atoms with Crippen LogP contribution in [0.15, 0.2) is 29.3 Å². The van der Waals surface area contributed by atoms with Gasteiger partial charge in [0.15, 0.2) is 0 Å². The van der Waals surface area contributed by atoms with Crippen LogP contribution in [0.3, 0.4) is 0 Å². The molecule has 0 saturated heterocycles. The molecular formula is C13H13ClN2O2. The average Bonchev–Trinajstić information content (AvgIpc) is 2.30. The van der Waals surface area contributed by atoms with Crippen LogP contribution in [0.1, 0.15) is 18.9 Å². The van der Waals surface area contributed by atoms with Crippen LogP contribution < -0.4 is 5.56 Å². The highest BCUT2D eigenvalue weighted by atomic mass is 35.5. The Hall–Kier alpha value is -1.39. The first kappa shape index (κ1) is 11.7. The van der Waals surface area contributed by atoms with Crippen LogP contribution >= 0.6 is 11.6 Å². The summed E-state index contributed by atoms with van der Waals surface area (Å²) in [5.41, 5.74) is 0.536. The molecule has 18 heavy (non-hydrogen) atoms. The van der Waals surface area contributed by atoms with E-state index in [9.17, 15) is 4.79 Å². The Balaban J connectivity index is 2.08. The van der Waals surface area contributed by atoms with Crippen molar-refractivity contribution in [2.24, 2.45) is 5.92 Å². The van der Waals surface area contributed by atoms with Gasteiger partial charge >= 0.3 is 0 Å². The summed E-state index contributed by atoms with van der Waals surface area (Å²) in [7, 11) is 0. The first-order chi connectivity index (χ1) is 8.70. The summed E-state index contributed by atoms with van der Waals surface area (Å²) in [6, 6.07) is 5.41. The highest BCUT2D eigenvalue weighted by Gasteiger charge is 2.30. The second kappa shape index (κ2) is 4.37. The van der Waals surface area contributed by atoms with E-state index in [1.54, 1.807) is 29.1 Å². The van der Waals surface area contributed by atoms with E-state index in [1.165, 1.54) is 0 Å². The fourth-order valence-corrected chi connectivity index (χ4v) is 2.73. The van der Waals surface area contributed by atoms with Gasteiger partial charge < -0.3 is 5.11 Å². The quantitative estimate of drug-likeness (QED) is 0.903. The van der Waals surface area contributed by atoms with Crippen LogP contribution in [-0.4, -0.2) is 21.3 Å². The van der Waals surface area contributed by atoms with E-state index in [0.717, 1.165) is 12.8 Å². The predicted molar refractivity (Wildman–Crippen MR) is 69.9 cm³/mol. The van der Waals surface area contributed by atoms with Gasteiger partial charge in [0.1, 0.15) is 0 Å². The number of aliphatic hydroxyl groups is 1. The molecule has 0 aliphatic heterocycles. The minimum atomic E-state index is -0.0908. The smallest absolute Gasteiger partial charge is 0.262 e. The molecule has 1 aromatic heterocycles. The number of aliphatic hydroxyl groups excluding tert-OH is 1. The second-order valence-electron chi connectivity index (χ2n) is 4.76. The lowest BCUT2D eigenvalue weighted by Gasteiger charge is -2.35. The van der Waals surface area contributed by atoms with E-state index < -0.39 is 0 Å². The van der Waals surface area contributed by atoms with Crippen LogP contribution in [0.4, 0.5) is 0 Å². The third-order valence-electron chi connectivity index (χ3n) is 3.62. The van der Waals surface area contributed by atoms with E-state index in [0.29, 0.717) is 21.8 Å². The van der Waals surface area contributed by atoms with Crippen molar-refractivity contribution >= 4 is 22.5 Å². The lowest BCUT2D eigenvalue weighted by atomic mass is 9.81. The number of rotatable bonds is 2.